The van der Waals surface area contributed by atoms with E-state index in [0.29, 0.717) is 22.5 Å². The first kappa shape index (κ1) is 51.1. The van der Waals surface area contributed by atoms with Gasteiger partial charge in [-0.3, -0.25) is 0 Å². The summed E-state index contributed by atoms with van der Waals surface area (Å²) in [5.41, 5.74) is 17.7. The van der Waals surface area contributed by atoms with Crippen LogP contribution >= 0.6 is 0 Å². The Morgan fingerprint density at radius 3 is 0.988 bits per heavy atom. The second-order valence-electron chi connectivity index (χ2n) is 21.7. The summed E-state index contributed by atoms with van der Waals surface area (Å²) in [7, 11) is 0. The van der Waals surface area contributed by atoms with Crippen molar-refractivity contribution >= 4 is 68.2 Å². The summed E-state index contributed by atoms with van der Waals surface area (Å²) >= 11 is 0. The highest BCUT2D eigenvalue weighted by Crippen LogP contribution is 2.60. The standard InChI is InChI=1S/C78H50F4N2O/c1-3-49-19-23-51(24-20-49)77(53-27-31-55(79)32-28-53)67-13-7-5-11-63(67)65-45-43-61(47-69(65)77)83(59-39-35-57(81)36-40-59)71-15-9-17-73-75(71)76-72(16-10-18-74(76)85-73)84(60-41-37-58(82)38-42-60)62-44-46-66-64-12-6-8-14-68(64)78(70(66)48-62,54-29-33-56(80)34-30-54)52-25-21-50(4-2)22-26-52/h3-48H,1-2H2. The Balaban J connectivity index is 0.984. The Bertz CT molecular complexity index is 4480. The molecular formula is C78H50F4N2O. The van der Waals surface area contributed by atoms with E-state index < -0.39 is 10.8 Å². The highest BCUT2D eigenvalue weighted by molar-refractivity contribution is 6.19. The van der Waals surface area contributed by atoms with Crippen LogP contribution in [0.15, 0.2) is 284 Å². The van der Waals surface area contributed by atoms with Crippen LogP contribution < -0.4 is 9.80 Å². The molecule has 85 heavy (non-hydrogen) atoms. The number of hydrogen-bond acceptors (Lipinski definition) is 3. The molecule has 3 nitrogen and oxygen atoms in total. The van der Waals surface area contributed by atoms with Gasteiger partial charge in [0.25, 0.3) is 0 Å². The number of anilines is 6. The summed E-state index contributed by atoms with van der Waals surface area (Å²) in [4.78, 5) is 4.30. The van der Waals surface area contributed by atoms with E-state index in [1.165, 1.54) is 48.5 Å². The molecule has 406 valence electrons. The van der Waals surface area contributed by atoms with Gasteiger partial charge >= 0.3 is 0 Å². The Morgan fingerprint density at radius 2 is 0.624 bits per heavy atom. The van der Waals surface area contributed by atoms with Crippen molar-refractivity contribution in [1.82, 2.24) is 0 Å². The molecule has 0 fully saturated rings. The van der Waals surface area contributed by atoms with Gasteiger partial charge in [-0.05, 0) is 199 Å². The topological polar surface area (TPSA) is 19.6 Å². The predicted octanol–water partition coefficient (Wildman–Crippen LogP) is 21.1. The first-order valence-electron chi connectivity index (χ1n) is 28.2. The molecule has 2 unspecified atom stereocenters. The third-order valence-electron chi connectivity index (χ3n) is 17.4. The molecule has 2 aliphatic carbocycles. The van der Waals surface area contributed by atoms with Gasteiger partial charge in [-0.15, -0.1) is 0 Å². The lowest BCUT2D eigenvalue weighted by atomic mass is 9.67. The summed E-state index contributed by atoms with van der Waals surface area (Å²) in [5.74, 6) is -1.44. The predicted molar refractivity (Wildman–Crippen MR) is 338 cm³/mol. The Morgan fingerprint density at radius 1 is 0.306 bits per heavy atom. The molecule has 15 rings (SSSR count). The summed E-state index contributed by atoms with van der Waals surface area (Å²) in [6.45, 7) is 8.08. The number of halogens is 4. The van der Waals surface area contributed by atoms with Crippen LogP contribution in [-0.2, 0) is 10.8 Å². The fourth-order valence-electron chi connectivity index (χ4n) is 13.8. The molecule has 0 saturated heterocycles. The Hall–Kier alpha value is -10.8. The third kappa shape index (κ3) is 7.88. The third-order valence-corrected chi connectivity index (χ3v) is 17.4. The molecule has 13 aromatic rings. The minimum absolute atomic E-state index is 0.337. The number of furan rings is 1. The van der Waals surface area contributed by atoms with Crippen molar-refractivity contribution in [2.45, 2.75) is 10.8 Å². The second-order valence-corrected chi connectivity index (χ2v) is 21.7. The minimum Gasteiger partial charge on any atom is -0.456 e. The van der Waals surface area contributed by atoms with Crippen molar-refractivity contribution < 1.29 is 22.0 Å². The van der Waals surface area contributed by atoms with Crippen molar-refractivity contribution in [3.63, 3.8) is 0 Å². The molecule has 0 N–H and O–H groups in total. The van der Waals surface area contributed by atoms with E-state index in [1.54, 1.807) is 24.3 Å². The van der Waals surface area contributed by atoms with Crippen molar-refractivity contribution in [3.8, 4) is 22.3 Å². The average molecular weight is 1110 g/mol. The fourth-order valence-corrected chi connectivity index (χ4v) is 13.8. The number of rotatable bonds is 12. The second kappa shape index (κ2) is 20.0. The molecule has 0 saturated carbocycles. The average Bonchev–Trinajstić information content (AvgIpc) is 1.63. The smallest absolute Gasteiger partial charge is 0.137 e. The molecule has 1 heterocycles. The molecule has 0 aliphatic heterocycles. The van der Waals surface area contributed by atoms with Crippen molar-refractivity contribution in [1.29, 1.82) is 0 Å². The van der Waals surface area contributed by atoms with Gasteiger partial charge in [0.1, 0.15) is 34.4 Å². The first-order valence-corrected chi connectivity index (χ1v) is 28.2. The zero-order valence-corrected chi connectivity index (χ0v) is 45.8. The molecule has 1 aromatic heterocycles. The molecule has 2 aliphatic rings. The van der Waals surface area contributed by atoms with Crippen LogP contribution in [0.2, 0.25) is 0 Å². The first-order chi connectivity index (χ1) is 41.7. The van der Waals surface area contributed by atoms with Crippen LogP contribution in [0.5, 0.6) is 0 Å². The number of hydrogen-bond donors (Lipinski definition) is 0. The molecule has 0 radical (unpaired) electrons. The van der Waals surface area contributed by atoms with Crippen LogP contribution in [0.3, 0.4) is 0 Å². The monoisotopic (exact) mass is 1110 g/mol. The normalized spacial score (nSPS) is 15.5. The summed E-state index contributed by atoms with van der Waals surface area (Å²) in [6.07, 6.45) is 3.65. The lowest BCUT2D eigenvalue weighted by Crippen LogP contribution is -2.29. The van der Waals surface area contributed by atoms with Crippen LogP contribution in [0.4, 0.5) is 51.7 Å². The lowest BCUT2D eigenvalue weighted by molar-refractivity contribution is 0.624. The van der Waals surface area contributed by atoms with Crippen molar-refractivity contribution in [3.05, 3.63) is 359 Å². The van der Waals surface area contributed by atoms with E-state index in [1.807, 2.05) is 72.8 Å². The largest absolute Gasteiger partial charge is 0.456 e. The van der Waals surface area contributed by atoms with Gasteiger partial charge in [0.15, 0.2) is 0 Å². The Kier molecular flexibility index (Phi) is 12.0. The summed E-state index contributed by atoms with van der Waals surface area (Å²) < 4.78 is 67.7. The maximum Gasteiger partial charge on any atom is 0.137 e. The van der Waals surface area contributed by atoms with Crippen LogP contribution in [-0.4, -0.2) is 0 Å². The molecular weight excluding hydrogens is 1060 g/mol. The maximum absolute atomic E-state index is 15.3. The van der Waals surface area contributed by atoms with Gasteiger partial charge in [-0.25, -0.2) is 17.6 Å². The van der Waals surface area contributed by atoms with Crippen LogP contribution in [0.25, 0.3) is 56.3 Å². The van der Waals surface area contributed by atoms with E-state index in [0.717, 1.165) is 111 Å². The van der Waals surface area contributed by atoms with Gasteiger partial charge in [-0.2, -0.15) is 0 Å². The SMILES string of the molecule is C=Cc1ccc(C2(c3ccc(F)cc3)c3ccccc3-c3ccc(N(c4ccc(F)cc4)c4cccc5oc6cccc(N(c7ccc(F)cc7)c7ccc8c(c7)C(c7ccc(F)cc7)(c7ccc(C=C)cc7)c7ccccc7-8)c6c45)cc32)cc1. The summed E-state index contributed by atoms with van der Waals surface area (Å²) in [5, 5.41) is 1.55. The van der Waals surface area contributed by atoms with E-state index in [2.05, 4.69) is 156 Å². The Labute approximate surface area is 489 Å². The molecule has 0 amide bonds. The van der Waals surface area contributed by atoms with Gasteiger partial charge < -0.3 is 14.2 Å². The van der Waals surface area contributed by atoms with Crippen molar-refractivity contribution in [2.75, 3.05) is 9.80 Å². The molecule has 7 heteroatoms. The molecule has 0 bridgehead atoms. The highest BCUT2D eigenvalue weighted by Gasteiger charge is 2.48. The number of fused-ring (bicyclic) bond motifs is 9. The van der Waals surface area contributed by atoms with Gasteiger partial charge in [-0.1, -0.05) is 171 Å². The zero-order chi connectivity index (χ0) is 57.6. The van der Waals surface area contributed by atoms with Gasteiger partial charge in [0.2, 0.25) is 0 Å². The summed E-state index contributed by atoms with van der Waals surface area (Å²) in [6, 6.07) is 85.1. The molecule has 2 atom stereocenters. The van der Waals surface area contributed by atoms with E-state index >= 15 is 17.6 Å². The molecule has 0 spiro atoms. The van der Waals surface area contributed by atoms with Gasteiger partial charge in [0.05, 0.1) is 33.0 Å². The van der Waals surface area contributed by atoms with Crippen LogP contribution in [0.1, 0.15) is 55.6 Å². The van der Waals surface area contributed by atoms with E-state index in [4.69, 9.17) is 4.42 Å². The fraction of sp³-hybridized carbons (Fsp3) is 0.0256. The highest BCUT2D eigenvalue weighted by atomic mass is 19.1. The van der Waals surface area contributed by atoms with Gasteiger partial charge in [0, 0.05) is 22.7 Å². The number of nitrogens with zero attached hydrogens (tertiary/aromatic N) is 2. The maximum atomic E-state index is 15.3. The molecule has 12 aromatic carbocycles. The van der Waals surface area contributed by atoms with Crippen LogP contribution in [0, 0.1) is 23.3 Å². The van der Waals surface area contributed by atoms with Crippen molar-refractivity contribution in [2.24, 2.45) is 0 Å². The lowest BCUT2D eigenvalue weighted by Gasteiger charge is -2.35. The van der Waals surface area contributed by atoms with E-state index in [-0.39, 0.29) is 23.3 Å². The van der Waals surface area contributed by atoms with E-state index in [9.17, 15) is 0 Å². The number of benzene rings is 12. The quantitative estimate of drug-likeness (QED) is 0.114. The minimum atomic E-state index is -0.901. The zero-order valence-electron chi connectivity index (χ0n) is 45.8.